The molecule has 0 spiro atoms. The van der Waals surface area contributed by atoms with E-state index in [9.17, 15) is 0 Å². The Hall–Kier alpha value is -1.10. The fraction of sp³-hybridized carbons (Fsp3) is 0.231. The van der Waals surface area contributed by atoms with Crippen molar-refractivity contribution in [2.24, 2.45) is 0 Å². The van der Waals surface area contributed by atoms with Crippen LogP contribution in [-0.2, 0) is 0 Å². The third-order valence-electron chi connectivity index (χ3n) is 2.68. The first-order valence-corrected chi connectivity index (χ1v) is 7.32. The van der Waals surface area contributed by atoms with E-state index in [0.29, 0.717) is 0 Å². The number of furan rings is 1. The Morgan fingerprint density at radius 2 is 2.29 bits per heavy atom. The molecule has 0 saturated carbocycles. The van der Waals surface area contributed by atoms with Gasteiger partial charge in [-0.25, -0.2) is 0 Å². The lowest BCUT2D eigenvalue weighted by molar-refractivity contribution is 0.455. The molecule has 0 fully saturated rings. The number of rotatable bonds is 4. The van der Waals surface area contributed by atoms with Gasteiger partial charge in [-0.3, -0.25) is 0 Å². The summed E-state index contributed by atoms with van der Waals surface area (Å²) >= 11 is 3.63. The molecule has 3 aromatic heterocycles. The van der Waals surface area contributed by atoms with E-state index in [4.69, 9.17) is 4.42 Å². The van der Waals surface area contributed by atoms with E-state index in [1.807, 2.05) is 23.5 Å². The quantitative estimate of drug-likeness (QED) is 0.761. The van der Waals surface area contributed by atoms with Crippen molar-refractivity contribution in [3.63, 3.8) is 0 Å². The van der Waals surface area contributed by atoms with Crippen molar-refractivity contribution in [3.05, 3.63) is 46.5 Å². The van der Waals surface area contributed by atoms with Crippen molar-refractivity contribution in [1.29, 1.82) is 0 Å². The van der Waals surface area contributed by atoms with E-state index in [2.05, 4.69) is 29.8 Å². The third-order valence-corrected chi connectivity index (χ3v) is 4.84. The molecule has 3 heterocycles. The van der Waals surface area contributed by atoms with Crippen LogP contribution in [0.4, 0.5) is 0 Å². The zero-order valence-corrected chi connectivity index (χ0v) is 11.1. The van der Waals surface area contributed by atoms with Crippen molar-refractivity contribution in [2.45, 2.75) is 13.0 Å². The van der Waals surface area contributed by atoms with Gasteiger partial charge < -0.3 is 9.73 Å². The molecule has 0 radical (unpaired) electrons. The van der Waals surface area contributed by atoms with Crippen LogP contribution >= 0.6 is 22.7 Å². The van der Waals surface area contributed by atoms with Crippen molar-refractivity contribution in [1.82, 2.24) is 5.32 Å². The maximum absolute atomic E-state index is 5.52. The first-order chi connectivity index (χ1) is 8.38. The molecule has 0 bridgehead atoms. The summed E-state index contributed by atoms with van der Waals surface area (Å²) in [5.41, 5.74) is 0. The summed E-state index contributed by atoms with van der Waals surface area (Å²) in [7, 11) is 0. The van der Waals surface area contributed by atoms with Gasteiger partial charge in [0.1, 0.15) is 11.8 Å². The molecule has 0 aromatic carbocycles. The van der Waals surface area contributed by atoms with Gasteiger partial charge >= 0.3 is 0 Å². The van der Waals surface area contributed by atoms with Crippen LogP contribution in [0.25, 0.3) is 9.40 Å². The average molecular weight is 263 g/mol. The second-order valence-corrected chi connectivity index (χ2v) is 5.87. The van der Waals surface area contributed by atoms with Gasteiger partial charge in [0.25, 0.3) is 0 Å². The minimum absolute atomic E-state index is 0.180. The smallest absolute Gasteiger partial charge is 0.126 e. The second-order valence-electron chi connectivity index (χ2n) is 3.80. The monoisotopic (exact) mass is 263 g/mol. The zero-order chi connectivity index (χ0) is 11.7. The third kappa shape index (κ3) is 2.04. The topological polar surface area (TPSA) is 25.2 Å². The van der Waals surface area contributed by atoms with Crippen molar-refractivity contribution in [3.8, 4) is 0 Å². The minimum atomic E-state index is 0.180. The molecule has 4 heteroatoms. The number of hydrogen-bond acceptors (Lipinski definition) is 4. The van der Waals surface area contributed by atoms with Crippen molar-refractivity contribution in [2.75, 3.05) is 6.54 Å². The largest absolute Gasteiger partial charge is 0.467 e. The van der Waals surface area contributed by atoms with Gasteiger partial charge in [-0.15, -0.1) is 22.7 Å². The van der Waals surface area contributed by atoms with Gasteiger partial charge in [-0.05, 0) is 36.2 Å². The summed E-state index contributed by atoms with van der Waals surface area (Å²) in [4.78, 5) is 1.32. The summed E-state index contributed by atoms with van der Waals surface area (Å²) in [6, 6.07) is 8.59. The van der Waals surface area contributed by atoms with Crippen molar-refractivity contribution < 1.29 is 4.42 Å². The Kier molecular flexibility index (Phi) is 3.01. The highest BCUT2D eigenvalue weighted by molar-refractivity contribution is 7.26. The Morgan fingerprint density at radius 1 is 1.35 bits per heavy atom. The number of fused-ring (bicyclic) bond motifs is 1. The molecule has 1 atom stereocenters. The van der Waals surface area contributed by atoms with E-state index >= 15 is 0 Å². The Balaban J connectivity index is 2.01. The van der Waals surface area contributed by atoms with Crippen molar-refractivity contribution >= 4 is 32.1 Å². The van der Waals surface area contributed by atoms with Crippen LogP contribution in [0.2, 0.25) is 0 Å². The van der Waals surface area contributed by atoms with Crippen LogP contribution in [0.3, 0.4) is 0 Å². The predicted molar refractivity (Wildman–Crippen MR) is 73.9 cm³/mol. The molecule has 0 amide bonds. The molecule has 17 heavy (non-hydrogen) atoms. The SMILES string of the molecule is CCNC(c1ccco1)c1cc2sccc2s1. The molecule has 0 aliphatic carbocycles. The highest BCUT2D eigenvalue weighted by Gasteiger charge is 2.18. The summed E-state index contributed by atoms with van der Waals surface area (Å²) in [5.74, 6) is 0.987. The van der Waals surface area contributed by atoms with Gasteiger partial charge in [0.2, 0.25) is 0 Å². The summed E-state index contributed by atoms with van der Waals surface area (Å²) in [5, 5.41) is 5.61. The average Bonchev–Trinajstić information content (AvgIpc) is 3.01. The molecular weight excluding hydrogens is 250 g/mol. The number of hydrogen-bond donors (Lipinski definition) is 1. The fourth-order valence-corrected chi connectivity index (χ4v) is 4.13. The van der Waals surface area contributed by atoms with E-state index in [1.54, 1.807) is 17.6 Å². The maximum atomic E-state index is 5.52. The Labute approximate surface area is 108 Å². The Morgan fingerprint density at radius 3 is 3.00 bits per heavy atom. The van der Waals surface area contributed by atoms with Gasteiger partial charge in [-0.1, -0.05) is 6.92 Å². The van der Waals surface area contributed by atoms with Crippen LogP contribution in [0, 0.1) is 0 Å². The first kappa shape index (κ1) is 11.0. The van der Waals surface area contributed by atoms with E-state index < -0.39 is 0 Å². The van der Waals surface area contributed by atoms with Crippen LogP contribution in [-0.4, -0.2) is 6.54 Å². The molecule has 0 aliphatic heterocycles. The van der Waals surface area contributed by atoms with Crippen LogP contribution in [0.15, 0.2) is 40.3 Å². The van der Waals surface area contributed by atoms with E-state index in [-0.39, 0.29) is 6.04 Å². The van der Waals surface area contributed by atoms with Gasteiger partial charge in [0, 0.05) is 14.3 Å². The molecular formula is C13H13NOS2. The van der Waals surface area contributed by atoms with Gasteiger partial charge in [-0.2, -0.15) is 0 Å². The van der Waals surface area contributed by atoms with E-state index in [0.717, 1.165) is 12.3 Å². The predicted octanol–water partition coefficient (Wildman–Crippen LogP) is 4.25. The fourth-order valence-electron chi connectivity index (χ4n) is 1.93. The highest BCUT2D eigenvalue weighted by atomic mass is 32.1. The zero-order valence-electron chi connectivity index (χ0n) is 9.47. The molecule has 2 nitrogen and oxygen atoms in total. The van der Waals surface area contributed by atoms with Gasteiger partial charge in [0.15, 0.2) is 0 Å². The molecule has 88 valence electrons. The van der Waals surface area contributed by atoms with Crippen LogP contribution in [0.1, 0.15) is 23.6 Å². The first-order valence-electron chi connectivity index (χ1n) is 5.62. The molecule has 1 N–H and O–H groups in total. The normalized spacial score (nSPS) is 13.2. The number of nitrogens with one attached hydrogen (secondary N) is 1. The maximum Gasteiger partial charge on any atom is 0.126 e. The number of thiophene rings is 2. The van der Waals surface area contributed by atoms with E-state index in [1.165, 1.54) is 14.3 Å². The summed E-state index contributed by atoms with van der Waals surface area (Å²) in [6.45, 7) is 3.04. The summed E-state index contributed by atoms with van der Waals surface area (Å²) in [6.07, 6.45) is 1.73. The molecule has 0 saturated heterocycles. The summed E-state index contributed by atoms with van der Waals surface area (Å²) < 4.78 is 8.24. The Bertz CT molecular complexity index is 565. The van der Waals surface area contributed by atoms with Crippen LogP contribution < -0.4 is 5.32 Å². The lowest BCUT2D eigenvalue weighted by Gasteiger charge is -2.13. The highest BCUT2D eigenvalue weighted by Crippen LogP contribution is 2.35. The lowest BCUT2D eigenvalue weighted by atomic mass is 10.2. The molecule has 0 aliphatic rings. The minimum Gasteiger partial charge on any atom is -0.467 e. The molecule has 3 rings (SSSR count). The molecule has 1 unspecified atom stereocenters. The lowest BCUT2D eigenvalue weighted by Crippen LogP contribution is -2.20. The van der Waals surface area contributed by atoms with Gasteiger partial charge in [0.05, 0.1) is 6.26 Å². The standard InChI is InChI=1S/C13H13NOS2/c1-2-14-13(9-4-3-6-15-9)12-8-11-10(17-12)5-7-16-11/h3-8,13-14H,2H2,1H3. The molecule has 3 aromatic rings. The second kappa shape index (κ2) is 4.64. The van der Waals surface area contributed by atoms with Crippen LogP contribution in [0.5, 0.6) is 0 Å².